The fraction of sp³-hybridized carbons (Fsp3) is 0.500. The van der Waals surface area contributed by atoms with Crippen LogP contribution >= 0.6 is 11.3 Å². The molecule has 0 spiro atoms. The van der Waals surface area contributed by atoms with Crippen molar-refractivity contribution in [3.63, 3.8) is 0 Å². The van der Waals surface area contributed by atoms with E-state index in [2.05, 4.69) is 24.7 Å². The average molecular weight is 637 g/mol. The van der Waals surface area contributed by atoms with Crippen molar-refractivity contribution in [2.45, 2.75) is 111 Å². The van der Waals surface area contributed by atoms with Crippen molar-refractivity contribution in [2.75, 3.05) is 0 Å². The molecular formula is C36H72N6OS. The molecule has 0 aliphatic heterocycles. The van der Waals surface area contributed by atoms with Crippen LogP contribution in [0.5, 0.6) is 0 Å². The predicted octanol–water partition coefficient (Wildman–Crippen LogP) is 12.6. The quantitative estimate of drug-likeness (QED) is 0.169. The van der Waals surface area contributed by atoms with Crippen LogP contribution in [0.1, 0.15) is 111 Å². The molecule has 0 unspecified atom stereocenters. The first-order chi connectivity index (χ1) is 21.8. The smallest absolute Gasteiger partial charge is 0.123 e. The van der Waals surface area contributed by atoms with E-state index < -0.39 is 0 Å². The summed E-state index contributed by atoms with van der Waals surface area (Å²) in [6, 6.07) is 13.3. The highest BCUT2D eigenvalue weighted by Crippen LogP contribution is 1.86. The van der Waals surface area contributed by atoms with Gasteiger partial charge in [0.25, 0.3) is 0 Å². The maximum absolute atomic E-state index is 4.33. The van der Waals surface area contributed by atoms with E-state index in [4.69, 9.17) is 0 Å². The van der Waals surface area contributed by atoms with Crippen molar-refractivity contribution < 1.29 is 4.52 Å². The molecule has 5 aromatic heterocycles. The van der Waals surface area contributed by atoms with Gasteiger partial charge >= 0.3 is 0 Å². The summed E-state index contributed by atoms with van der Waals surface area (Å²) in [5, 5.41) is 9.11. The van der Waals surface area contributed by atoms with E-state index in [1.54, 1.807) is 58.6 Å². The minimum Gasteiger partial charge on any atom is -0.365 e. The first-order valence-electron chi connectivity index (χ1n) is 16.3. The van der Waals surface area contributed by atoms with Gasteiger partial charge in [-0.2, -0.15) is 5.10 Å². The highest BCUT2D eigenvalue weighted by Gasteiger charge is 1.69. The summed E-state index contributed by atoms with van der Waals surface area (Å²) < 4.78 is 8.08. The van der Waals surface area contributed by atoms with Crippen molar-refractivity contribution in [3.8, 4) is 0 Å². The number of hydrogen-bond donors (Lipinski definition) is 0. The number of aryl methyl sites for hydroxylation is 2. The molecule has 0 radical (unpaired) electrons. The second kappa shape index (κ2) is 83.4. The van der Waals surface area contributed by atoms with Crippen LogP contribution in [0, 0.1) is 0 Å². The van der Waals surface area contributed by atoms with E-state index >= 15 is 0 Å². The van der Waals surface area contributed by atoms with Crippen LogP contribution < -0.4 is 0 Å². The van der Waals surface area contributed by atoms with Crippen molar-refractivity contribution in [1.82, 2.24) is 29.5 Å². The van der Waals surface area contributed by atoms with Crippen LogP contribution in [0.15, 0.2) is 114 Å². The third kappa shape index (κ3) is 77.1. The van der Waals surface area contributed by atoms with Gasteiger partial charge in [0.1, 0.15) is 6.26 Å². The van der Waals surface area contributed by atoms with Gasteiger partial charge in [-0.15, -0.1) is 11.3 Å². The van der Waals surface area contributed by atoms with E-state index in [0.29, 0.717) is 0 Å². The zero-order valence-corrected chi connectivity index (χ0v) is 32.7. The Balaban J connectivity index is -0.0000000552. The van der Waals surface area contributed by atoms with Gasteiger partial charge in [0.2, 0.25) is 0 Å². The molecule has 0 aliphatic carbocycles. The van der Waals surface area contributed by atoms with Crippen molar-refractivity contribution in [3.05, 3.63) is 109 Å². The van der Waals surface area contributed by atoms with Gasteiger partial charge in [-0.05, 0) is 36.4 Å². The maximum Gasteiger partial charge on any atom is 0.123 e. The Morgan fingerprint density at radius 1 is 0.477 bits per heavy atom. The fourth-order valence-electron chi connectivity index (χ4n) is 1.43. The summed E-state index contributed by atoms with van der Waals surface area (Å²) in [4.78, 5) is 7.53. The SMILES string of the molecule is CC.CC.CC.CC.CC.CC.CC.CC.Cn1cccc1.Cn1cccn1.c1ccncc1.c1cnoc1.c1cscn1. The summed E-state index contributed by atoms with van der Waals surface area (Å²) >= 11 is 1.60. The molecule has 0 amide bonds. The first-order valence-corrected chi connectivity index (χ1v) is 17.3. The van der Waals surface area contributed by atoms with Gasteiger partial charge in [0, 0.05) is 62.9 Å². The van der Waals surface area contributed by atoms with E-state index in [1.807, 2.05) is 190 Å². The predicted molar refractivity (Wildman–Crippen MR) is 202 cm³/mol. The third-order valence-electron chi connectivity index (χ3n) is 2.65. The summed E-state index contributed by atoms with van der Waals surface area (Å²) in [7, 11) is 3.89. The number of rotatable bonds is 0. The normalized spacial score (nSPS) is 6.41. The fourth-order valence-corrected chi connectivity index (χ4v) is 1.78. The molecule has 7 nitrogen and oxygen atoms in total. The first kappa shape index (κ1) is 59.8. The maximum atomic E-state index is 4.33. The highest BCUT2D eigenvalue weighted by molar-refractivity contribution is 7.07. The highest BCUT2D eigenvalue weighted by atomic mass is 32.1. The number of hydrogen-bond acceptors (Lipinski definition) is 6. The molecule has 0 atom stereocenters. The number of aromatic nitrogens is 6. The molecule has 258 valence electrons. The zero-order chi connectivity index (χ0) is 36.1. The Hall–Kier alpha value is -3.52. The Morgan fingerprint density at radius 3 is 1.09 bits per heavy atom. The van der Waals surface area contributed by atoms with E-state index in [9.17, 15) is 0 Å². The van der Waals surface area contributed by atoms with Gasteiger partial charge in [0.05, 0.1) is 11.7 Å². The molecule has 5 heterocycles. The Morgan fingerprint density at radius 2 is 0.977 bits per heavy atom. The topological polar surface area (TPSA) is 74.6 Å². The van der Waals surface area contributed by atoms with Crippen LogP contribution in [0.3, 0.4) is 0 Å². The monoisotopic (exact) mass is 637 g/mol. The largest absolute Gasteiger partial charge is 0.365 e. The Bertz CT molecular complexity index is 716. The van der Waals surface area contributed by atoms with Crippen LogP contribution in [-0.2, 0) is 14.1 Å². The molecule has 8 heteroatoms. The van der Waals surface area contributed by atoms with Gasteiger partial charge in [-0.3, -0.25) is 14.6 Å². The van der Waals surface area contributed by atoms with Crippen molar-refractivity contribution in [2.24, 2.45) is 14.1 Å². The average Bonchev–Trinajstić information content (AvgIpc) is 4.01. The summed E-state index contributed by atoms with van der Waals surface area (Å²) in [6.07, 6.45) is 16.0. The molecule has 0 fully saturated rings. The van der Waals surface area contributed by atoms with Gasteiger partial charge in [0.15, 0.2) is 0 Å². The standard InChI is InChI=1S/C5H7N.C5H5N.C4H6N2.C3H3NO.C3H3NS.8C2H6/c1-6-4-2-3-5-6;1-2-4-6-5-3-1;1-6-4-2-3-5-6;1-2-4-5-3-1;1-2-5-3-4-1;8*1-2/h2-5H,1H3;1-5H;2-4H,1H3;2*1-3H;8*1-2H3. The van der Waals surface area contributed by atoms with Crippen molar-refractivity contribution >= 4 is 11.3 Å². The van der Waals surface area contributed by atoms with Crippen LogP contribution in [0.25, 0.3) is 0 Å². The summed E-state index contributed by atoms with van der Waals surface area (Å²) in [5.74, 6) is 0. The van der Waals surface area contributed by atoms with Gasteiger partial charge in [-0.25, -0.2) is 0 Å². The molecule has 0 aromatic carbocycles. The molecule has 0 saturated heterocycles. The Labute approximate surface area is 278 Å². The number of pyridine rings is 1. The Kier molecular flexibility index (Phi) is 113. The molecule has 0 aliphatic rings. The molecular weight excluding hydrogens is 565 g/mol. The molecule has 0 saturated carbocycles. The number of thiazole rings is 1. The summed E-state index contributed by atoms with van der Waals surface area (Å²) in [6.45, 7) is 32.0. The number of nitrogens with zero attached hydrogens (tertiary/aromatic N) is 6. The van der Waals surface area contributed by atoms with Gasteiger partial charge < -0.3 is 9.09 Å². The lowest BCUT2D eigenvalue weighted by atomic mass is 10.5. The summed E-state index contributed by atoms with van der Waals surface area (Å²) in [5.41, 5.74) is 1.79. The third-order valence-corrected chi connectivity index (χ3v) is 3.17. The lowest BCUT2D eigenvalue weighted by molar-refractivity contribution is 0.420. The van der Waals surface area contributed by atoms with Gasteiger partial charge in [-0.1, -0.05) is 122 Å². The van der Waals surface area contributed by atoms with E-state index in [0.717, 1.165) is 0 Å². The van der Waals surface area contributed by atoms with Crippen molar-refractivity contribution in [1.29, 1.82) is 0 Å². The molecule has 0 N–H and O–H groups in total. The van der Waals surface area contributed by atoms with Crippen LogP contribution in [0.2, 0.25) is 0 Å². The zero-order valence-electron chi connectivity index (χ0n) is 31.9. The minimum absolute atomic E-state index is 1.51. The van der Waals surface area contributed by atoms with E-state index in [1.165, 1.54) is 6.26 Å². The second-order valence-corrected chi connectivity index (χ2v) is 5.67. The molecule has 44 heavy (non-hydrogen) atoms. The lowest BCUT2D eigenvalue weighted by Crippen LogP contribution is -1.83. The van der Waals surface area contributed by atoms with Crippen LogP contribution in [0.4, 0.5) is 0 Å². The minimum atomic E-state index is 1.51. The molecule has 5 aromatic rings. The lowest BCUT2D eigenvalue weighted by Gasteiger charge is -1.79. The molecule has 5 rings (SSSR count). The van der Waals surface area contributed by atoms with Crippen LogP contribution in [-0.4, -0.2) is 29.5 Å². The molecule has 0 bridgehead atoms. The second-order valence-electron chi connectivity index (χ2n) is 4.92. The van der Waals surface area contributed by atoms with E-state index in [-0.39, 0.29) is 0 Å².